The molecule has 124 valence electrons. The first-order valence-electron chi connectivity index (χ1n) is 7.02. The fourth-order valence-electron chi connectivity index (χ4n) is 2.40. The van der Waals surface area contributed by atoms with Crippen molar-refractivity contribution >= 4 is 33.8 Å². The third-order valence-electron chi connectivity index (χ3n) is 3.76. The van der Waals surface area contributed by atoms with Crippen molar-refractivity contribution < 1.29 is 23.5 Å². The summed E-state index contributed by atoms with van der Waals surface area (Å²) in [6.07, 6.45) is 0. The van der Waals surface area contributed by atoms with Gasteiger partial charge in [-0.1, -0.05) is 12.1 Å². The second-order valence-electron chi connectivity index (χ2n) is 5.51. The third-order valence-corrected chi connectivity index (χ3v) is 4.15. The van der Waals surface area contributed by atoms with Crippen molar-refractivity contribution in [2.45, 2.75) is 19.4 Å². The van der Waals surface area contributed by atoms with Crippen LogP contribution < -0.4 is 15.4 Å². The van der Waals surface area contributed by atoms with Gasteiger partial charge in [-0.05, 0) is 53.5 Å². The van der Waals surface area contributed by atoms with E-state index in [-0.39, 0.29) is 5.76 Å². The SMILES string of the molecule is Cc1cc(Br)oc1C(=O)Oc1ccc(C2(C)NC(=O)NC2=O)cc1. The molecule has 0 bridgehead atoms. The number of ether oxygens (including phenoxy) is 1. The molecule has 2 aromatic rings. The maximum atomic E-state index is 12.1. The lowest BCUT2D eigenvalue weighted by atomic mass is 9.92. The van der Waals surface area contributed by atoms with Gasteiger partial charge < -0.3 is 14.5 Å². The summed E-state index contributed by atoms with van der Waals surface area (Å²) in [5, 5.41) is 4.76. The molecule has 7 nitrogen and oxygen atoms in total. The highest BCUT2D eigenvalue weighted by molar-refractivity contribution is 9.10. The van der Waals surface area contributed by atoms with E-state index in [2.05, 4.69) is 26.6 Å². The average molecular weight is 393 g/mol. The minimum atomic E-state index is -1.15. The number of hydrogen-bond donors (Lipinski definition) is 2. The molecule has 0 aliphatic carbocycles. The van der Waals surface area contributed by atoms with Gasteiger partial charge in [-0.15, -0.1) is 0 Å². The summed E-state index contributed by atoms with van der Waals surface area (Å²) < 4.78 is 10.9. The lowest BCUT2D eigenvalue weighted by molar-refractivity contribution is -0.123. The van der Waals surface area contributed by atoms with E-state index in [9.17, 15) is 14.4 Å². The molecule has 0 spiro atoms. The van der Waals surface area contributed by atoms with Gasteiger partial charge in [-0.3, -0.25) is 10.1 Å². The molecular weight excluding hydrogens is 380 g/mol. The number of benzene rings is 1. The van der Waals surface area contributed by atoms with E-state index in [1.54, 1.807) is 44.2 Å². The van der Waals surface area contributed by atoms with E-state index in [0.29, 0.717) is 21.5 Å². The lowest BCUT2D eigenvalue weighted by Gasteiger charge is -2.21. The van der Waals surface area contributed by atoms with Gasteiger partial charge in [0.1, 0.15) is 11.3 Å². The zero-order chi connectivity index (χ0) is 17.5. The Morgan fingerprint density at radius 2 is 1.92 bits per heavy atom. The van der Waals surface area contributed by atoms with Gasteiger partial charge in [0.15, 0.2) is 4.67 Å². The van der Waals surface area contributed by atoms with Crippen LogP contribution in [0, 0.1) is 6.92 Å². The Hall–Kier alpha value is -2.61. The van der Waals surface area contributed by atoms with Gasteiger partial charge in [0.25, 0.3) is 5.91 Å². The predicted molar refractivity (Wildman–Crippen MR) is 86.6 cm³/mol. The van der Waals surface area contributed by atoms with Crippen LogP contribution in [0.3, 0.4) is 0 Å². The molecule has 1 fully saturated rings. The van der Waals surface area contributed by atoms with Crippen molar-refractivity contribution in [3.05, 3.63) is 51.9 Å². The first-order chi connectivity index (χ1) is 11.3. The number of esters is 1. The summed E-state index contributed by atoms with van der Waals surface area (Å²) in [7, 11) is 0. The van der Waals surface area contributed by atoms with Crippen LogP contribution in [-0.2, 0) is 10.3 Å². The zero-order valence-electron chi connectivity index (χ0n) is 12.8. The number of nitrogens with one attached hydrogen (secondary N) is 2. The van der Waals surface area contributed by atoms with Crippen LogP contribution in [0.5, 0.6) is 5.75 Å². The summed E-state index contributed by atoms with van der Waals surface area (Å²) in [4.78, 5) is 35.3. The standard InChI is InChI=1S/C16H13BrN2O5/c1-8-7-11(17)24-12(8)13(20)23-10-5-3-9(4-6-10)16(2)14(21)18-15(22)19-16/h3-7H,1-2H3,(H2,18,19,21,22). The fraction of sp³-hybridized carbons (Fsp3) is 0.188. The highest BCUT2D eigenvalue weighted by atomic mass is 79.9. The molecule has 1 aliphatic rings. The van der Waals surface area contributed by atoms with Gasteiger partial charge in [0, 0.05) is 5.56 Å². The van der Waals surface area contributed by atoms with Gasteiger partial charge in [0.05, 0.1) is 0 Å². The predicted octanol–water partition coefficient (Wildman–Crippen LogP) is 2.62. The smallest absolute Gasteiger partial charge is 0.379 e. The summed E-state index contributed by atoms with van der Waals surface area (Å²) in [6, 6.07) is 7.43. The summed E-state index contributed by atoms with van der Waals surface area (Å²) in [5.74, 6) is -0.651. The molecule has 1 saturated heterocycles. The number of aryl methyl sites for hydroxylation is 1. The molecule has 2 N–H and O–H groups in total. The second-order valence-corrected chi connectivity index (χ2v) is 6.29. The van der Waals surface area contributed by atoms with E-state index < -0.39 is 23.4 Å². The number of furan rings is 1. The number of carbonyl (C=O) groups excluding carboxylic acids is 3. The largest absolute Gasteiger partial charge is 0.442 e. The quantitative estimate of drug-likeness (QED) is 0.475. The van der Waals surface area contributed by atoms with Crippen molar-refractivity contribution in [3.63, 3.8) is 0 Å². The molecule has 1 atom stereocenters. The molecule has 1 aliphatic heterocycles. The Kier molecular flexibility index (Phi) is 3.92. The first kappa shape index (κ1) is 16.3. The average Bonchev–Trinajstić information content (AvgIpc) is 2.98. The highest BCUT2D eigenvalue weighted by Crippen LogP contribution is 2.27. The minimum Gasteiger partial charge on any atom is -0.442 e. The number of carbonyl (C=O) groups is 3. The van der Waals surface area contributed by atoms with Crippen molar-refractivity contribution in [2.24, 2.45) is 0 Å². The highest BCUT2D eigenvalue weighted by Gasteiger charge is 2.43. The summed E-state index contributed by atoms with van der Waals surface area (Å²) in [5.41, 5.74) is 0.0751. The molecule has 3 rings (SSSR count). The van der Waals surface area contributed by atoms with E-state index in [0.717, 1.165) is 0 Å². The maximum absolute atomic E-state index is 12.1. The van der Waals surface area contributed by atoms with Crippen LogP contribution in [0.25, 0.3) is 0 Å². The Labute approximate surface area is 145 Å². The molecule has 3 amide bonds. The van der Waals surface area contributed by atoms with E-state index in [1.165, 1.54) is 0 Å². The fourth-order valence-corrected chi connectivity index (χ4v) is 2.91. The number of rotatable bonds is 3. The lowest BCUT2D eigenvalue weighted by Crippen LogP contribution is -2.40. The van der Waals surface area contributed by atoms with Crippen LogP contribution in [-0.4, -0.2) is 17.9 Å². The van der Waals surface area contributed by atoms with Crippen LogP contribution >= 0.6 is 15.9 Å². The van der Waals surface area contributed by atoms with Crippen molar-refractivity contribution in [3.8, 4) is 5.75 Å². The number of imide groups is 1. The minimum absolute atomic E-state index is 0.111. The van der Waals surface area contributed by atoms with E-state index in [4.69, 9.17) is 9.15 Å². The number of amides is 3. The third kappa shape index (κ3) is 2.80. The monoisotopic (exact) mass is 392 g/mol. The Balaban J connectivity index is 1.78. The van der Waals surface area contributed by atoms with E-state index in [1.807, 2.05) is 0 Å². The van der Waals surface area contributed by atoms with Crippen LogP contribution in [0.1, 0.15) is 28.6 Å². The number of hydrogen-bond acceptors (Lipinski definition) is 5. The van der Waals surface area contributed by atoms with Gasteiger partial charge in [-0.25, -0.2) is 9.59 Å². The van der Waals surface area contributed by atoms with Gasteiger partial charge in [-0.2, -0.15) is 0 Å². The Bertz CT molecular complexity index is 843. The number of urea groups is 1. The molecule has 1 aromatic carbocycles. The molecular formula is C16H13BrN2O5. The van der Waals surface area contributed by atoms with Crippen molar-refractivity contribution in [1.82, 2.24) is 10.6 Å². The van der Waals surface area contributed by atoms with Crippen LogP contribution in [0.15, 0.2) is 39.4 Å². The van der Waals surface area contributed by atoms with Gasteiger partial charge >= 0.3 is 12.0 Å². The van der Waals surface area contributed by atoms with E-state index >= 15 is 0 Å². The van der Waals surface area contributed by atoms with Gasteiger partial charge in [0.2, 0.25) is 5.76 Å². The zero-order valence-corrected chi connectivity index (χ0v) is 14.4. The molecule has 0 radical (unpaired) electrons. The molecule has 2 heterocycles. The summed E-state index contributed by atoms with van der Waals surface area (Å²) in [6.45, 7) is 3.33. The maximum Gasteiger partial charge on any atom is 0.379 e. The molecule has 24 heavy (non-hydrogen) atoms. The molecule has 8 heteroatoms. The topological polar surface area (TPSA) is 97.6 Å². The van der Waals surface area contributed by atoms with Crippen LogP contribution in [0.4, 0.5) is 4.79 Å². The number of halogens is 1. The van der Waals surface area contributed by atoms with Crippen molar-refractivity contribution in [2.75, 3.05) is 0 Å². The molecule has 1 aromatic heterocycles. The Morgan fingerprint density at radius 3 is 2.42 bits per heavy atom. The van der Waals surface area contributed by atoms with Crippen molar-refractivity contribution in [1.29, 1.82) is 0 Å². The molecule has 1 unspecified atom stereocenters. The molecule has 0 saturated carbocycles. The van der Waals surface area contributed by atoms with Crippen LogP contribution in [0.2, 0.25) is 0 Å². The summed E-state index contributed by atoms with van der Waals surface area (Å²) >= 11 is 3.15. The normalized spacial score (nSPS) is 19.8. The second kappa shape index (κ2) is 5.79. The first-order valence-corrected chi connectivity index (χ1v) is 7.81. The Morgan fingerprint density at radius 1 is 1.25 bits per heavy atom.